The van der Waals surface area contributed by atoms with E-state index in [1.54, 1.807) is 20.3 Å². The van der Waals surface area contributed by atoms with Gasteiger partial charge in [-0.2, -0.15) is 0 Å². The van der Waals surface area contributed by atoms with E-state index in [-0.39, 0.29) is 0 Å². The fourth-order valence-electron chi connectivity index (χ4n) is 2.79. The third-order valence-electron chi connectivity index (χ3n) is 4.26. The van der Waals surface area contributed by atoms with E-state index in [2.05, 4.69) is 5.92 Å². The van der Waals surface area contributed by atoms with Crippen LogP contribution in [0.25, 0.3) is 0 Å². The smallest absolute Gasteiger partial charge is 0.162 e. The Bertz CT molecular complexity index is 972. The summed E-state index contributed by atoms with van der Waals surface area (Å²) in [7, 11) is 3.28. The van der Waals surface area contributed by atoms with Crippen molar-refractivity contribution in [2.45, 2.75) is 13.2 Å². The summed E-state index contributed by atoms with van der Waals surface area (Å²) in [6, 6.07) is 20.9. The summed E-state index contributed by atoms with van der Waals surface area (Å²) in [4.78, 5) is 0. The van der Waals surface area contributed by atoms with Crippen LogP contribution in [0.5, 0.6) is 23.0 Å². The van der Waals surface area contributed by atoms with Crippen LogP contribution in [0, 0.1) is 12.3 Å². The van der Waals surface area contributed by atoms with Gasteiger partial charge in [-0.15, -0.1) is 6.42 Å². The average molecular weight is 374 g/mol. The Hall–Kier alpha value is -3.58. The molecular weight excluding hydrogens is 352 g/mol. The lowest BCUT2D eigenvalue weighted by Gasteiger charge is -2.15. The van der Waals surface area contributed by atoms with E-state index in [9.17, 15) is 0 Å². The maximum Gasteiger partial charge on any atom is 0.162 e. The minimum absolute atomic E-state index is 0.336. The van der Waals surface area contributed by atoms with E-state index in [0.717, 1.165) is 28.2 Å². The third kappa shape index (κ3) is 4.57. The molecule has 0 amide bonds. The Balaban J connectivity index is 1.79. The lowest BCUT2D eigenvalue weighted by molar-refractivity contribution is 0.250. The van der Waals surface area contributed by atoms with Crippen LogP contribution in [0.1, 0.15) is 16.7 Å². The fourth-order valence-corrected chi connectivity index (χ4v) is 2.79. The van der Waals surface area contributed by atoms with Gasteiger partial charge in [0, 0.05) is 16.7 Å². The molecule has 0 fully saturated rings. The summed E-state index contributed by atoms with van der Waals surface area (Å²) in [5.74, 6) is 5.37. The van der Waals surface area contributed by atoms with Crippen molar-refractivity contribution in [2.75, 3.05) is 14.2 Å². The Labute approximate surface area is 165 Å². The minimum Gasteiger partial charge on any atom is -0.496 e. The highest BCUT2D eigenvalue weighted by Gasteiger charge is 2.10. The topological polar surface area (TPSA) is 36.9 Å². The molecule has 0 heterocycles. The van der Waals surface area contributed by atoms with Gasteiger partial charge in [0.2, 0.25) is 0 Å². The molecule has 4 nitrogen and oxygen atoms in total. The largest absolute Gasteiger partial charge is 0.496 e. The van der Waals surface area contributed by atoms with Crippen molar-refractivity contribution in [1.82, 2.24) is 0 Å². The molecule has 0 saturated heterocycles. The first kappa shape index (κ1) is 19.2. The van der Waals surface area contributed by atoms with Gasteiger partial charge in [-0.1, -0.05) is 42.3 Å². The molecule has 28 heavy (non-hydrogen) atoms. The van der Waals surface area contributed by atoms with Crippen LogP contribution in [-0.2, 0) is 13.2 Å². The lowest BCUT2D eigenvalue weighted by atomic mass is 10.2. The third-order valence-corrected chi connectivity index (χ3v) is 4.26. The number of methoxy groups -OCH3 is 2. The molecule has 0 aliphatic carbocycles. The van der Waals surface area contributed by atoms with Crippen molar-refractivity contribution in [3.8, 4) is 35.3 Å². The van der Waals surface area contributed by atoms with Crippen LogP contribution < -0.4 is 18.9 Å². The predicted octanol–water partition coefficient (Wildman–Crippen LogP) is 4.84. The molecule has 0 N–H and O–H groups in total. The highest BCUT2D eigenvalue weighted by atomic mass is 16.5. The number of hydrogen-bond acceptors (Lipinski definition) is 4. The maximum atomic E-state index is 6.02. The van der Waals surface area contributed by atoms with Crippen LogP contribution in [0.2, 0.25) is 0 Å². The van der Waals surface area contributed by atoms with Crippen molar-refractivity contribution in [3.63, 3.8) is 0 Å². The molecule has 142 valence electrons. The zero-order chi connectivity index (χ0) is 19.8. The Morgan fingerprint density at radius 1 is 0.679 bits per heavy atom. The number of para-hydroxylation sites is 2. The summed E-state index contributed by atoms with van der Waals surface area (Å²) in [6.45, 7) is 0.688. The van der Waals surface area contributed by atoms with E-state index in [4.69, 9.17) is 25.4 Å². The number of hydrogen-bond donors (Lipinski definition) is 0. The van der Waals surface area contributed by atoms with Gasteiger partial charge in [0.1, 0.15) is 24.7 Å². The zero-order valence-electron chi connectivity index (χ0n) is 16.0. The molecule has 3 aromatic rings. The van der Waals surface area contributed by atoms with E-state index >= 15 is 0 Å². The minimum atomic E-state index is 0.336. The summed E-state index contributed by atoms with van der Waals surface area (Å²) in [5.41, 5.74) is 2.60. The van der Waals surface area contributed by atoms with Crippen LogP contribution >= 0.6 is 0 Å². The van der Waals surface area contributed by atoms with Crippen molar-refractivity contribution < 1.29 is 18.9 Å². The quantitative estimate of drug-likeness (QED) is 0.529. The second-order valence-electron chi connectivity index (χ2n) is 6.01. The highest BCUT2D eigenvalue weighted by molar-refractivity contribution is 5.48. The van der Waals surface area contributed by atoms with Gasteiger partial charge in [-0.05, 0) is 30.3 Å². The first-order chi connectivity index (χ1) is 13.7. The van der Waals surface area contributed by atoms with Crippen LogP contribution in [0.4, 0.5) is 0 Å². The van der Waals surface area contributed by atoms with Crippen molar-refractivity contribution >= 4 is 0 Å². The first-order valence-electron chi connectivity index (χ1n) is 8.85. The molecule has 0 aromatic heterocycles. The second-order valence-corrected chi connectivity index (χ2v) is 6.01. The van der Waals surface area contributed by atoms with E-state index in [1.165, 1.54) is 0 Å². The molecule has 0 saturated carbocycles. The van der Waals surface area contributed by atoms with Crippen LogP contribution in [0.15, 0.2) is 66.7 Å². The standard InChI is InChI=1S/C24H22O4/c1-4-18-13-14-23(27-16-19-9-5-7-11-21(19)25-2)24(15-18)28-17-20-10-6-8-12-22(20)26-3/h1,5-15H,16-17H2,2-3H3. The van der Waals surface area contributed by atoms with Crippen LogP contribution in [-0.4, -0.2) is 14.2 Å². The summed E-state index contributed by atoms with van der Waals surface area (Å²) >= 11 is 0. The SMILES string of the molecule is C#Cc1ccc(OCc2ccccc2OC)c(OCc2ccccc2OC)c1. The lowest BCUT2D eigenvalue weighted by Crippen LogP contribution is -2.03. The zero-order valence-corrected chi connectivity index (χ0v) is 16.0. The maximum absolute atomic E-state index is 6.02. The van der Waals surface area contributed by atoms with Gasteiger partial charge in [0.25, 0.3) is 0 Å². The molecule has 0 aliphatic heterocycles. The van der Waals surface area contributed by atoms with E-state index < -0.39 is 0 Å². The number of ether oxygens (including phenoxy) is 4. The summed E-state index contributed by atoms with van der Waals surface area (Å²) in [6.07, 6.45) is 5.54. The molecule has 0 spiro atoms. The number of rotatable bonds is 8. The predicted molar refractivity (Wildman–Crippen MR) is 109 cm³/mol. The van der Waals surface area contributed by atoms with Gasteiger partial charge < -0.3 is 18.9 Å². The average Bonchev–Trinajstić information content (AvgIpc) is 2.76. The first-order valence-corrected chi connectivity index (χ1v) is 8.85. The normalized spacial score (nSPS) is 10.0. The van der Waals surface area contributed by atoms with Crippen molar-refractivity contribution in [1.29, 1.82) is 0 Å². The molecular formula is C24H22O4. The molecule has 0 unspecified atom stereocenters. The van der Waals surface area contributed by atoms with Crippen molar-refractivity contribution in [2.24, 2.45) is 0 Å². The molecule has 3 aromatic carbocycles. The summed E-state index contributed by atoms with van der Waals surface area (Å²) in [5, 5.41) is 0. The monoisotopic (exact) mass is 374 g/mol. The fraction of sp³-hybridized carbons (Fsp3) is 0.167. The van der Waals surface area contributed by atoms with Gasteiger partial charge in [-0.3, -0.25) is 0 Å². The van der Waals surface area contributed by atoms with E-state index in [0.29, 0.717) is 24.7 Å². The Morgan fingerprint density at radius 3 is 1.75 bits per heavy atom. The van der Waals surface area contributed by atoms with Gasteiger partial charge in [-0.25, -0.2) is 0 Å². The number of terminal acetylenes is 1. The van der Waals surface area contributed by atoms with Crippen LogP contribution in [0.3, 0.4) is 0 Å². The van der Waals surface area contributed by atoms with E-state index in [1.807, 2.05) is 60.7 Å². The van der Waals surface area contributed by atoms with Gasteiger partial charge in [0.15, 0.2) is 11.5 Å². The Kier molecular flexibility index (Phi) is 6.43. The molecule has 3 rings (SSSR count). The highest BCUT2D eigenvalue weighted by Crippen LogP contribution is 2.31. The van der Waals surface area contributed by atoms with Gasteiger partial charge in [0.05, 0.1) is 14.2 Å². The molecule has 0 radical (unpaired) electrons. The molecule has 0 aliphatic rings. The molecule has 0 bridgehead atoms. The second kappa shape index (κ2) is 9.38. The molecule has 0 atom stereocenters. The summed E-state index contributed by atoms with van der Waals surface area (Å²) < 4.78 is 22.8. The number of benzene rings is 3. The van der Waals surface area contributed by atoms with Crippen molar-refractivity contribution in [3.05, 3.63) is 83.4 Å². The van der Waals surface area contributed by atoms with Gasteiger partial charge >= 0.3 is 0 Å². The Morgan fingerprint density at radius 2 is 1.21 bits per heavy atom. The molecule has 4 heteroatoms.